The zero-order chi connectivity index (χ0) is 11.4. The normalized spacial score (nSPS) is 9.80. The number of hydrogen-bond donors (Lipinski definition) is 0. The predicted molar refractivity (Wildman–Crippen MR) is 57.9 cm³/mol. The van der Waals surface area contributed by atoms with Crippen LogP contribution >= 0.6 is 27.5 Å². The standard InChI is InChI=1S/C9H7BrClNO3/c1-2-15-9(14)8(13)5-3-7(10)12-4-6(5)11/h3-4H,2H2,1H3. The molecule has 0 saturated carbocycles. The third kappa shape index (κ3) is 3.00. The van der Waals surface area contributed by atoms with Crippen LogP contribution in [0.3, 0.4) is 0 Å². The number of carbonyl (C=O) groups excluding carboxylic acids is 2. The molecule has 0 saturated heterocycles. The molecule has 0 fully saturated rings. The second-order valence-corrected chi connectivity index (χ2v) is 3.76. The van der Waals surface area contributed by atoms with Crippen LogP contribution in [-0.4, -0.2) is 23.3 Å². The van der Waals surface area contributed by atoms with Crippen LogP contribution in [0.2, 0.25) is 5.02 Å². The van der Waals surface area contributed by atoms with Gasteiger partial charge in [0, 0.05) is 6.20 Å². The first-order chi connectivity index (χ1) is 7.06. The summed E-state index contributed by atoms with van der Waals surface area (Å²) in [6.07, 6.45) is 1.29. The van der Waals surface area contributed by atoms with Crippen LogP contribution in [0.5, 0.6) is 0 Å². The highest BCUT2D eigenvalue weighted by Crippen LogP contribution is 2.19. The number of halogens is 2. The molecular weight excluding hydrogens is 285 g/mol. The molecule has 0 unspecified atom stereocenters. The molecule has 1 heterocycles. The highest BCUT2D eigenvalue weighted by molar-refractivity contribution is 9.10. The van der Waals surface area contributed by atoms with Crippen molar-refractivity contribution in [1.29, 1.82) is 0 Å². The number of hydrogen-bond acceptors (Lipinski definition) is 4. The Hall–Kier alpha value is -0.940. The SMILES string of the molecule is CCOC(=O)C(=O)c1cc(Br)ncc1Cl. The molecule has 0 radical (unpaired) electrons. The fourth-order valence-electron chi connectivity index (χ4n) is 0.894. The summed E-state index contributed by atoms with van der Waals surface area (Å²) >= 11 is 8.80. The summed E-state index contributed by atoms with van der Waals surface area (Å²) in [7, 11) is 0. The van der Waals surface area contributed by atoms with Gasteiger partial charge in [-0.3, -0.25) is 4.79 Å². The minimum absolute atomic E-state index is 0.0805. The summed E-state index contributed by atoms with van der Waals surface area (Å²) in [4.78, 5) is 26.4. The average Bonchev–Trinajstić information content (AvgIpc) is 2.21. The first kappa shape index (κ1) is 12.1. The summed E-state index contributed by atoms with van der Waals surface area (Å²) in [5.74, 6) is -1.69. The number of aromatic nitrogens is 1. The van der Waals surface area contributed by atoms with E-state index in [4.69, 9.17) is 11.6 Å². The van der Waals surface area contributed by atoms with Gasteiger partial charge in [-0.05, 0) is 28.9 Å². The van der Waals surface area contributed by atoms with Gasteiger partial charge in [-0.2, -0.15) is 0 Å². The number of ketones is 1. The van der Waals surface area contributed by atoms with Gasteiger partial charge in [0.25, 0.3) is 5.78 Å². The van der Waals surface area contributed by atoms with Gasteiger partial charge < -0.3 is 4.74 Å². The van der Waals surface area contributed by atoms with Crippen LogP contribution in [0, 0.1) is 0 Å². The van der Waals surface area contributed by atoms with Crippen molar-refractivity contribution < 1.29 is 14.3 Å². The molecule has 0 aliphatic rings. The van der Waals surface area contributed by atoms with Gasteiger partial charge in [0.05, 0.1) is 17.2 Å². The van der Waals surface area contributed by atoms with Crippen LogP contribution in [-0.2, 0) is 9.53 Å². The average molecular weight is 293 g/mol. The summed E-state index contributed by atoms with van der Waals surface area (Å²) in [5, 5.41) is 0.122. The molecule has 0 aliphatic heterocycles. The number of ether oxygens (including phenoxy) is 1. The highest BCUT2D eigenvalue weighted by Gasteiger charge is 2.20. The highest BCUT2D eigenvalue weighted by atomic mass is 79.9. The molecule has 0 N–H and O–H groups in total. The van der Waals surface area contributed by atoms with Crippen molar-refractivity contribution in [3.8, 4) is 0 Å². The topological polar surface area (TPSA) is 56.3 Å². The van der Waals surface area contributed by atoms with Crippen molar-refractivity contribution in [2.45, 2.75) is 6.92 Å². The Balaban J connectivity index is 3.00. The van der Waals surface area contributed by atoms with Gasteiger partial charge >= 0.3 is 5.97 Å². The van der Waals surface area contributed by atoms with Gasteiger partial charge in [-0.25, -0.2) is 9.78 Å². The molecule has 1 aromatic heterocycles. The van der Waals surface area contributed by atoms with Crippen LogP contribution in [0.4, 0.5) is 0 Å². The Morgan fingerprint density at radius 3 is 2.87 bits per heavy atom. The fraction of sp³-hybridized carbons (Fsp3) is 0.222. The van der Waals surface area contributed by atoms with Gasteiger partial charge in [-0.1, -0.05) is 11.6 Å². The lowest BCUT2D eigenvalue weighted by molar-refractivity contribution is -0.137. The molecule has 15 heavy (non-hydrogen) atoms. The lowest BCUT2D eigenvalue weighted by Crippen LogP contribution is -2.18. The maximum Gasteiger partial charge on any atom is 0.379 e. The molecule has 0 bridgehead atoms. The van der Waals surface area contributed by atoms with Crippen LogP contribution in [0.25, 0.3) is 0 Å². The van der Waals surface area contributed by atoms with E-state index in [2.05, 4.69) is 25.7 Å². The minimum Gasteiger partial charge on any atom is -0.460 e. The molecule has 6 heteroatoms. The second-order valence-electron chi connectivity index (χ2n) is 2.54. The molecular formula is C9H7BrClNO3. The Morgan fingerprint density at radius 2 is 2.27 bits per heavy atom. The fourth-order valence-corrected chi connectivity index (χ4v) is 1.41. The maximum absolute atomic E-state index is 11.5. The van der Waals surface area contributed by atoms with Gasteiger partial charge in [0.2, 0.25) is 0 Å². The van der Waals surface area contributed by atoms with Gasteiger partial charge in [0.15, 0.2) is 0 Å². The van der Waals surface area contributed by atoms with Crippen molar-refractivity contribution in [2.24, 2.45) is 0 Å². The first-order valence-electron chi connectivity index (χ1n) is 4.08. The molecule has 1 rings (SSSR count). The Morgan fingerprint density at radius 1 is 1.60 bits per heavy atom. The number of nitrogens with zero attached hydrogens (tertiary/aromatic N) is 1. The number of esters is 1. The van der Waals surface area contributed by atoms with E-state index in [1.807, 2.05) is 0 Å². The van der Waals surface area contributed by atoms with Crippen molar-refractivity contribution in [1.82, 2.24) is 4.98 Å². The summed E-state index contributed by atoms with van der Waals surface area (Å²) in [6, 6.07) is 1.38. The van der Waals surface area contributed by atoms with Gasteiger partial charge in [0.1, 0.15) is 4.60 Å². The monoisotopic (exact) mass is 291 g/mol. The summed E-state index contributed by atoms with van der Waals surface area (Å²) < 4.78 is 5.00. The molecule has 0 spiro atoms. The van der Waals surface area contributed by atoms with Crippen molar-refractivity contribution in [2.75, 3.05) is 6.61 Å². The lowest BCUT2D eigenvalue weighted by atomic mass is 10.2. The number of Topliss-reactive ketones (excluding diaryl/α,β-unsaturated/α-hetero) is 1. The lowest BCUT2D eigenvalue weighted by Gasteiger charge is -2.02. The Labute approximate surface area is 99.7 Å². The molecule has 0 amide bonds. The smallest absolute Gasteiger partial charge is 0.379 e. The third-order valence-electron chi connectivity index (χ3n) is 1.53. The molecule has 80 valence electrons. The zero-order valence-corrected chi connectivity index (χ0v) is 10.1. The molecule has 1 aromatic rings. The number of rotatable bonds is 3. The van der Waals surface area contributed by atoms with E-state index in [1.165, 1.54) is 12.3 Å². The minimum atomic E-state index is -0.919. The largest absolute Gasteiger partial charge is 0.460 e. The zero-order valence-electron chi connectivity index (χ0n) is 7.79. The number of pyridine rings is 1. The first-order valence-corrected chi connectivity index (χ1v) is 5.25. The molecule has 0 aliphatic carbocycles. The summed E-state index contributed by atoms with van der Waals surface area (Å²) in [5.41, 5.74) is 0.0805. The van der Waals surface area contributed by atoms with Crippen LogP contribution in [0.15, 0.2) is 16.9 Å². The van der Waals surface area contributed by atoms with E-state index >= 15 is 0 Å². The number of carbonyl (C=O) groups is 2. The van der Waals surface area contributed by atoms with E-state index in [9.17, 15) is 9.59 Å². The van der Waals surface area contributed by atoms with E-state index in [0.717, 1.165) is 0 Å². The van der Waals surface area contributed by atoms with E-state index in [-0.39, 0.29) is 17.2 Å². The third-order valence-corrected chi connectivity index (χ3v) is 2.26. The van der Waals surface area contributed by atoms with Crippen molar-refractivity contribution >= 4 is 39.3 Å². The Bertz CT molecular complexity index is 408. The van der Waals surface area contributed by atoms with E-state index in [0.29, 0.717) is 4.60 Å². The second kappa shape index (κ2) is 5.23. The maximum atomic E-state index is 11.5. The van der Waals surface area contributed by atoms with Crippen LogP contribution < -0.4 is 0 Å². The predicted octanol–water partition coefficient (Wildman–Crippen LogP) is 2.24. The van der Waals surface area contributed by atoms with E-state index < -0.39 is 11.8 Å². The van der Waals surface area contributed by atoms with Crippen molar-refractivity contribution in [3.05, 3.63) is 27.5 Å². The molecule has 0 atom stereocenters. The molecule has 0 aromatic carbocycles. The summed E-state index contributed by atoms with van der Waals surface area (Å²) in [6.45, 7) is 1.77. The van der Waals surface area contributed by atoms with Crippen molar-refractivity contribution in [3.63, 3.8) is 0 Å². The molecule has 4 nitrogen and oxygen atoms in total. The van der Waals surface area contributed by atoms with Gasteiger partial charge in [-0.15, -0.1) is 0 Å². The Kier molecular flexibility index (Phi) is 4.23. The quantitative estimate of drug-likeness (QED) is 0.371. The van der Waals surface area contributed by atoms with E-state index in [1.54, 1.807) is 6.92 Å². The van der Waals surface area contributed by atoms with Crippen LogP contribution in [0.1, 0.15) is 17.3 Å².